The second-order valence-corrected chi connectivity index (χ2v) is 9.58. The molecule has 0 fully saturated rings. The Kier molecular flexibility index (Phi) is 15.7. The molecule has 0 heterocycles. The van der Waals surface area contributed by atoms with Gasteiger partial charge in [0, 0.05) is 14.1 Å². The molecule has 0 radical (unpaired) electrons. The second kappa shape index (κ2) is 16.3. The number of likely N-dealkylation sites (N-methyl/N-ethyl adjacent to an activating group) is 2. The lowest BCUT2D eigenvalue weighted by molar-refractivity contribution is -0.163. The molecule has 1 N–H and O–H groups in total. The van der Waals surface area contributed by atoms with Crippen LogP contribution in [-0.2, 0) is 42.9 Å². The zero-order chi connectivity index (χ0) is 30.4. The standard InChI is InChI=1S/C13H23NO6.C11H19NO6/c1-7-18-10(15)9(11(16)19-8-2)14(6)12(17)20-13(3,4)5;1-6-17-9(15)7(8(13)14)12(5)10(16)18-11(2,3)4/h9H,7-8H2,1-6H3;7H,6H2,1-5H3,(H,13,14). The molecule has 14 nitrogen and oxygen atoms in total. The fourth-order valence-corrected chi connectivity index (χ4v) is 2.38. The minimum atomic E-state index is -1.71. The van der Waals surface area contributed by atoms with Crippen molar-refractivity contribution in [3.8, 4) is 0 Å². The van der Waals surface area contributed by atoms with Crippen LogP contribution in [-0.4, -0.2) is 108 Å². The first kappa shape index (κ1) is 36.6. The average molecular weight is 551 g/mol. The van der Waals surface area contributed by atoms with E-state index < -0.39 is 59.3 Å². The molecular formula is C24H42N2O12. The molecule has 0 rings (SSSR count). The summed E-state index contributed by atoms with van der Waals surface area (Å²) >= 11 is 0. The normalized spacial score (nSPS) is 11.7. The van der Waals surface area contributed by atoms with Crippen LogP contribution in [0.15, 0.2) is 0 Å². The molecule has 0 aliphatic carbocycles. The highest BCUT2D eigenvalue weighted by Crippen LogP contribution is 2.13. The molecule has 38 heavy (non-hydrogen) atoms. The van der Waals surface area contributed by atoms with Crippen molar-refractivity contribution in [2.75, 3.05) is 33.9 Å². The third-order valence-corrected chi connectivity index (χ3v) is 3.90. The van der Waals surface area contributed by atoms with E-state index in [9.17, 15) is 28.8 Å². The van der Waals surface area contributed by atoms with Gasteiger partial charge in [-0.3, -0.25) is 9.80 Å². The highest BCUT2D eigenvalue weighted by atomic mass is 16.6. The number of aliphatic carboxylic acids is 1. The number of hydrogen-bond acceptors (Lipinski definition) is 11. The minimum absolute atomic E-state index is 0.0325. The number of nitrogens with zero attached hydrogens (tertiary/aromatic N) is 2. The second-order valence-electron chi connectivity index (χ2n) is 9.58. The maximum Gasteiger partial charge on any atom is 0.411 e. The van der Waals surface area contributed by atoms with Crippen LogP contribution in [0.1, 0.15) is 62.3 Å². The van der Waals surface area contributed by atoms with Gasteiger partial charge in [-0.2, -0.15) is 0 Å². The summed E-state index contributed by atoms with van der Waals surface area (Å²) in [6, 6.07) is -3.18. The first-order valence-corrected chi connectivity index (χ1v) is 11.9. The molecule has 0 spiro atoms. The van der Waals surface area contributed by atoms with Crippen LogP contribution >= 0.6 is 0 Å². The molecule has 0 saturated carbocycles. The summed E-state index contributed by atoms with van der Waals surface area (Å²) in [5, 5.41) is 8.94. The quantitative estimate of drug-likeness (QED) is 0.252. The summed E-state index contributed by atoms with van der Waals surface area (Å²) in [7, 11) is 2.45. The number of rotatable bonds is 9. The van der Waals surface area contributed by atoms with Crippen LogP contribution in [0.25, 0.3) is 0 Å². The van der Waals surface area contributed by atoms with E-state index in [2.05, 4.69) is 4.74 Å². The van der Waals surface area contributed by atoms with E-state index in [4.69, 9.17) is 24.1 Å². The first-order valence-electron chi connectivity index (χ1n) is 11.9. The Bertz CT molecular complexity index is 811. The third-order valence-electron chi connectivity index (χ3n) is 3.90. The first-order chi connectivity index (χ1) is 17.2. The smallest absolute Gasteiger partial charge is 0.411 e. The summed E-state index contributed by atoms with van der Waals surface area (Å²) < 4.78 is 24.2. The Labute approximate surface area is 223 Å². The number of carboxylic acids is 1. The Morgan fingerprint density at radius 1 is 0.605 bits per heavy atom. The van der Waals surface area contributed by atoms with Crippen LogP contribution in [0.3, 0.4) is 0 Å². The van der Waals surface area contributed by atoms with E-state index >= 15 is 0 Å². The summed E-state index contributed by atoms with van der Waals surface area (Å²) in [4.78, 5) is 71.1. The van der Waals surface area contributed by atoms with Crippen LogP contribution < -0.4 is 0 Å². The summed E-state index contributed by atoms with van der Waals surface area (Å²) in [6.07, 6.45) is -1.70. The number of carbonyl (C=O) groups is 6. The van der Waals surface area contributed by atoms with Gasteiger partial charge in [0.2, 0.25) is 12.1 Å². The average Bonchev–Trinajstić information content (AvgIpc) is 2.72. The molecule has 0 aromatic heterocycles. The van der Waals surface area contributed by atoms with Gasteiger partial charge in [-0.15, -0.1) is 0 Å². The highest BCUT2D eigenvalue weighted by molar-refractivity contribution is 6.02. The maximum absolute atomic E-state index is 11.9. The molecule has 1 unspecified atom stereocenters. The minimum Gasteiger partial charge on any atom is -0.479 e. The fraction of sp³-hybridized carbons (Fsp3) is 0.750. The van der Waals surface area contributed by atoms with E-state index in [1.54, 1.807) is 62.3 Å². The zero-order valence-corrected chi connectivity index (χ0v) is 24.1. The molecule has 220 valence electrons. The predicted molar refractivity (Wildman–Crippen MR) is 133 cm³/mol. The summed E-state index contributed by atoms with van der Waals surface area (Å²) in [6.45, 7) is 14.9. The number of esters is 3. The number of amides is 2. The summed E-state index contributed by atoms with van der Waals surface area (Å²) in [5.41, 5.74) is -1.51. The van der Waals surface area contributed by atoms with Gasteiger partial charge >= 0.3 is 36.1 Å². The monoisotopic (exact) mass is 550 g/mol. The van der Waals surface area contributed by atoms with Crippen molar-refractivity contribution in [3.05, 3.63) is 0 Å². The predicted octanol–water partition coefficient (Wildman–Crippen LogP) is 2.22. The fourth-order valence-electron chi connectivity index (χ4n) is 2.38. The van der Waals surface area contributed by atoms with Gasteiger partial charge in [0.05, 0.1) is 19.8 Å². The van der Waals surface area contributed by atoms with E-state index in [0.717, 1.165) is 4.90 Å². The Balaban J connectivity index is 0. The number of carbonyl (C=O) groups excluding carboxylic acids is 5. The van der Waals surface area contributed by atoms with E-state index in [-0.39, 0.29) is 19.8 Å². The van der Waals surface area contributed by atoms with E-state index in [0.29, 0.717) is 4.90 Å². The van der Waals surface area contributed by atoms with Crippen molar-refractivity contribution in [2.24, 2.45) is 0 Å². The topological polar surface area (TPSA) is 175 Å². The largest absolute Gasteiger partial charge is 0.479 e. The number of carboxylic acid groups (broad SMARTS) is 1. The van der Waals surface area contributed by atoms with Gasteiger partial charge in [-0.05, 0) is 62.3 Å². The molecule has 0 aromatic rings. The molecule has 0 aromatic carbocycles. The van der Waals surface area contributed by atoms with Gasteiger partial charge in [0.15, 0.2) is 0 Å². The van der Waals surface area contributed by atoms with Crippen molar-refractivity contribution >= 4 is 36.1 Å². The number of hydrogen-bond donors (Lipinski definition) is 1. The van der Waals surface area contributed by atoms with Crippen LogP contribution in [0, 0.1) is 0 Å². The lowest BCUT2D eigenvalue weighted by Gasteiger charge is -2.28. The Hall–Kier alpha value is -3.58. The van der Waals surface area contributed by atoms with Crippen molar-refractivity contribution in [1.82, 2.24) is 9.80 Å². The van der Waals surface area contributed by atoms with Crippen LogP contribution in [0.4, 0.5) is 9.59 Å². The third kappa shape index (κ3) is 14.2. The molecule has 0 bridgehead atoms. The van der Waals surface area contributed by atoms with Gasteiger partial charge in [-0.1, -0.05) is 0 Å². The van der Waals surface area contributed by atoms with Gasteiger partial charge in [0.1, 0.15) is 11.2 Å². The SMILES string of the molecule is CCOC(=O)C(C(=O)O)N(C)C(=O)OC(C)(C)C.CCOC(=O)C(C(=O)OCC)N(C)C(=O)OC(C)(C)C. The lowest BCUT2D eigenvalue weighted by atomic mass is 10.2. The highest BCUT2D eigenvalue weighted by Gasteiger charge is 2.39. The van der Waals surface area contributed by atoms with Crippen LogP contribution in [0.5, 0.6) is 0 Å². The molecule has 0 saturated heterocycles. The van der Waals surface area contributed by atoms with Gasteiger partial charge in [-0.25, -0.2) is 28.8 Å². The lowest BCUT2D eigenvalue weighted by Crippen LogP contribution is -2.50. The summed E-state index contributed by atoms with van der Waals surface area (Å²) in [5.74, 6) is -4.17. The van der Waals surface area contributed by atoms with Crippen molar-refractivity contribution in [3.63, 3.8) is 0 Å². The molecule has 1 atom stereocenters. The maximum atomic E-state index is 11.9. The zero-order valence-electron chi connectivity index (χ0n) is 24.1. The van der Waals surface area contributed by atoms with E-state index in [1.807, 2.05) is 0 Å². The van der Waals surface area contributed by atoms with Gasteiger partial charge < -0.3 is 28.8 Å². The Morgan fingerprint density at radius 3 is 1.11 bits per heavy atom. The van der Waals surface area contributed by atoms with Crippen molar-refractivity contribution in [2.45, 2.75) is 85.6 Å². The van der Waals surface area contributed by atoms with Crippen LogP contribution in [0.2, 0.25) is 0 Å². The molecule has 0 aliphatic rings. The van der Waals surface area contributed by atoms with Crippen molar-refractivity contribution < 1.29 is 57.6 Å². The molecule has 14 heteroatoms. The Morgan fingerprint density at radius 2 is 0.868 bits per heavy atom. The molecule has 0 aliphatic heterocycles. The van der Waals surface area contributed by atoms with Crippen molar-refractivity contribution in [1.29, 1.82) is 0 Å². The van der Waals surface area contributed by atoms with Gasteiger partial charge in [0.25, 0.3) is 0 Å². The molecular weight excluding hydrogens is 508 g/mol. The number of ether oxygens (including phenoxy) is 5. The molecule has 2 amide bonds. The van der Waals surface area contributed by atoms with E-state index in [1.165, 1.54) is 14.1 Å².